The van der Waals surface area contributed by atoms with Crippen LogP contribution in [-0.2, 0) is 10.5 Å². The topological polar surface area (TPSA) is 55.7 Å². The molecule has 2 heterocycles. The Morgan fingerprint density at radius 2 is 2.08 bits per heavy atom. The average molecular weight is 378 g/mol. The number of aliphatic imine (C=N–C) groups is 1. The van der Waals surface area contributed by atoms with Crippen LogP contribution in [0.25, 0.3) is 0 Å². The van der Waals surface area contributed by atoms with Crippen molar-refractivity contribution in [3.05, 3.63) is 57.8 Å². The van der Waals surface area contributed by atoms with Crippen LogP contribution in [0.4, 0.5) is 0 Å². The normalized spacial score (nSPS) is 13.6. The van der Waals surface area contributed by atoms with Gasteiger partial charge in [0.1, 0.15) is 4.38 Å². The van der Waals surface area contributed by atoms with Crippen LogP contribution in [0, 0.1) is 0 Å². The Kier molecular flexibility index (Phi) is 6.12. The number of benzene rings is 1. The zero-order chi connectivity index (χ0) is 16.8. The van der Waals surface area contributed by atoms with Crippen LogP contribution >= 0.6 is 34.9 Å². The molecule has 0 amide bonds. The number of esters is 1. The summed E-state index contributed by atoms with van der Waals surface area (Å²) >= 11 is 4.72. The van der Waals surface area contributed by atoms with E-state index in [4.69, 9.17) is 4.74 Å². The van der Waals surface area contributed by atoms with Crippen molar-refractivity contribution in [2.45, 2.75) is 5.75 Å². The van der Waals surface area contributed by atoms with Crippen molar-refractivity contribution in [3.8, 4) is 0 Å². The van der Waals surface area contributed by atoms with E-state index in [-0.39, 0.29) is 12.4 Å². The van der Waals surface area contributed by atoms with Crippen molar-refractivity contribution in [1.82, 2.24) is 0 Å². The molecule has 124 valence electrons. The highest BCUT2D eigenvalue weighted by molar-refractivity contribution is 8.38. The molecule has 1 aromatic heterocycles. The van der Waals surface area contributed by atoms with E-state index in [1.165, 1.54) is 11.3 Å². The first-order valence-electron chi connectivity index (χ1n) is 7.36. The number of Topliss-reactive ketones (excluding diaryl/α,β-unsaturated/α-hetero) is 1. The second kappa shape index (κ2) is 8.50. The largest absolute Gasteiger partial charge is 0.454 e. The van der Waals surface area contributed by atoms with Crippen LogP contribution in [0.5, 0.6) is 0 Å². The second-order valence-corrected chi connectivity index (χ2v) is 8.17. The van der Waals surface area contributed by atoms with Gasteiger partial charge < -0.3 is 4.74 Å². The number of thioether (sulfide) groups is 2. The molecular weight excluding hydrogens is 362 g/mol. The molecule has 2 aromatic rings. The Labute approximate surface area is 152 Å². The van der Waals surface area contributed by atoms with Crippen LogP contribution < -0.4 is 0 Å². The molecule has 0 atom stereocenters. The van der Waals surface area contributed by atoms with Gasteiger partial charge in [0.05, 0.1) is 17.0 Å². The van der Waals surface area contributed by atoms with Crippen LogP contribution in [0.1, 0.15) is 25.6 Å². The first-order valence-corrected chi connectivity index (χ1v) is 10.2. The molecule has 0 saturated carbocycles. The van der Waals surface area contributed by atoms with Crippen molar-refractivity contribution in [1.29, 1.82) is 0 Å². The molecule has 0 N–H and O–H groups in total. The summed E-state index contributed by atoms with van der Waals surface area (Å²) in [6, 6.07) is 10.9. The van der Waals surface area contributed by atoms with Gasteiger partial charge in [-0.3, -0.25) is 9.79 Å². The van der Waals surface area contributed by atoms with Gasteiger partial charge in [-0.1, -0.05) is 47.8 Å². The smallest absolute Gasteiger partial charge is 0.338 e. The summed E-state index contributed by atoms with van der Waals surface area (Å²) in [5, 5.41) is 1.82. The molecule has 1 aliphatic rings. The van der Waals surface area contributed by atoms with E-state index in [0.29, 0.717) is 16.2 Å². The van der Waals surface area contributed by atoms with Gasteiger partial charge in [-0.2, -0.15) is 0 Å². The van der Waals surface area contributed by atoms with Gasteiger partial charge in [0.15, 0.2) is 6.61 Å². The van der Waals surface area contributed by atoms with Crippen molar-refractivity contribution < 1.29 is 14.3 Å². The highest BCUT2D eigenvalue weighted by atomic mass is 32.2. The van der Waals surface area contributed by atoms with E-state index < -0.39 is 5.97 Å². The highest BCUT2D eigenvalue weighted by Crippen LogP contribution is 2.26. The average Bonchev–Trinajstić information content (AvgIpc) is 3.31. The number of carbonyl (C=O) groups is 2. The summed E-state index contributed by atoms with van der Waals surface area (Å²) in [6.45, 7) is 0.630. The van der Waals surface area contributed by atoms with Crippen molar-refractivity contribution >= 4 is 51.0 Å². The number of ether oxygens (including phenoxy) is 1. The van der Waals surface area contributed by atoms with Crippen LogP contribution in [0.2, 0.25) is 0 Å². The molecule has 0 aliphatic carbocycles. The van der Waals surface area contributed by atoms with Gasteiger partial charge in [-0.05, 0) is 23.1 Å². The summed E-state index contributed by atoms with van der Waals surface area (Å²) < 4.78 is 6.26. The second-order valence-electron chi connectivity index (χ2n) is 4.92. The lowest BCUT2D eigenvalue weighted by Gasteiger charge is -2.09. The van der Waals surface area contributed by atoms with Gasteiger partial charge in [0.2, 0.25) is 5.78 Å². The van der Waals surface area contributed by atoms with Crippen molar-refractivity contribution in [2.24, 2.45) is 4.99 Å². The van der Waals surface area contributed by atoms with E-state index in [9.17, 15) is 9.59 Å². The molecule has 1 aliphatic heterocycles. The number of hydrogen-bond acceptors (Lipinski definition) is 7. The lowest BCUT2D eigenvalue weighted by atomic mass is 10.1. The molecule has 0 fully saturated rings. The molecule has 0 radical (unpaired) electrons. The third-order valence-electron chi connectivity index (χ3n) is 3.28. The highest BCUT2D eigenvalue weighted by Gasteiger charge is 2.16. The van der Waals surface area contributed by atoms with E-state index in [1.807, 2.05) is 17.5 Å². The quantitative estimate of drug-likeness (QED) is 0.560. The lowest BCUT2D eigenvalue weighted by molar-refractivity contribution is 0.0475. The Bertz CT molecular complexity index is 756. The lowest BCUT2D eigenvalue weighted by Crippen LogP contribution is -2.14. The number of rotatable bonds is 6. The predicted octanol–water partition coefficient (Wildman–Crippen LogP) is 4.12. The predicted molar refractivity (Wildman–Crippen MR) is 101 cm³/mol. The minimum Gasteiger partial charge on any atom is -0.454 e. The summed E-state index contributed by atoms with van der Waals surface area (Å²) in [5.74, 6) is 1.05. The molecule has 24 heavy (non-hydrogen) atoms. The minimum atomic E-state index is -0.461. The van der Waals surface area contributed by atoms with Crippen LogP contribution in [0.15, 0.2) is 46.8 Å². The van der Waals surface area contributed by atoms with Gasteiger partial charge in [0.25, 0.3) is 0 Å². The Balaban J connectivity index is 1.60. The molecule has 0 saturated heterocycles. The Morgan fingerprint density at radius 3 is 2.83 bits per heavy atom. The molecule has 7 heteroatoms. The molecule has 0 spiro atoms. The maximum absolute atomic E-state index is 12.3. The fourth-order valence-electron chi connectivity index (χ4n) is 2.10. The van der Waals surface area contributed by atoms with Gasteiger partial charge in [0, 0.05) is 11.5 Å². The molecule has 3 rings (SSSR count). The fourth-order valence-corrected chi connectivity index (χ4v) is 4.77. The maximum atomic E-state index is 12.3. The van der Waals surface area contributed by atoms with Crippen LogP contribution in [-0.4, -0.2) is 35.0 Å². The molecule has 1 aromatic carbocycles. The summed E-state index contributed by atoms with van der Waals surface area (Å²) in [6.07, 6.45) is 0. The first kappa shape index (κ1) is 17.3. The maximum Gasteiger partial charge on any atom is 0.338 e. The molecular formula is C17H15NO3S3. The van der Waals surface area contributed by atoms with Gasteiger partial charge in [-0.15, -0.1) is 11.3 Å². The number of hydrogen-bond donors (Lipinski definition) is 0. The molecule has 4 nitrogen and oxygen atoms in total. The Morgan fingerprint density at radius 1 is 1.21 bits per heavy atom. The summed E-state index contributed by atoms with van der Waals surface area (Å²) in [5.41, 5.74) is 1.40. The van der Waals surface area contributed by atoms with E-state index >= 15 is 0 Å². The van der Waals surface area contributed by atoms with Gasteiger partial charge >= 0.3 is 5.97 Å². The zero-order valence-corrected chi connectivity index (χ0v) is 15.2. The third kappa shape index (κ3) is 4.49. The van der Waals surface area contributed by atoms with Crippen molar-refractivity contribution in [3.63, 3.8) is 0 Å². The van der Waals surface area contributed by atoms with E-state index in [1.54, 1.807) is 47.8 Å². The monoisotopic (exact) mass is 377 g/mol. The summed E-state index contributed by atoms with van der Waals surface area (Å²) in [4.78, 5) is 29.3. The first-order chi connectivity index (χ1) is 11.7. The number of carbonyl (C=O) groups excluding carboxylic acids is 2. The number of thiophene rings is 1. The van der Waals surface area contributed by atoms with Gasteiger partial charge in [-0.25, -0.2) is 4.79 Å². The van der Waals surface area contributed by atoms with Crippen LogP contribution in [0.3, 0.4) is 0 Å². The minimum absolute atomic E-state index is 0.179. The van der Waals surface area contributed by atoms with E-state index in [0.717, 1.165) is 22.2 Å². The SMILES string of the molecule is O=C(COC(=O)c1ccccc1CSC1=NCCS1)c1cccs1. The number of nitrogens with zero attached hydrogens (tertiary/aromatic N) is 1. The fraction of sp³-hybridized carbons (Fsp3) is 0.235. The number of ketones is 1. The third-order valence-corrected chi connectivity index (χ3v) is 6.49. The van der Waals surface area contributed by atoms with Crippen molar-refractivity contribution in [2.75, 3.05) is 18.9 Å². The standard InChI is InChI=1S/C17H15NO3S3/c19-14(15-6-3-8-22-15)10-21-16(20)13-5-2-1-4-12(13)11-24-17-18-7-9-23-17/h1-6,8H,7,9-11H2. The Hall–Kier alpha value is -1.57. The van der Waals surface area contributed by atoms with E-state index in [2.05, 4.69) is 4.99 Å². The molecule has 0 unspecified atom stereocenters. The zero-order valence-electron chi connectivity index (χ0n) is 12.8. The summed E-state index contributed by atoms with van der Waals surface area (Å²) in [7, 11) is 0. The molecule has 0 bridgehead atoms.